The zero-order valence-electron chi connectivity index (χ0n) is 15.3. The van der Waals surface area contributed by atoms with Gasteiger partial charge >= 0.3 is 0 Å². The second-order valence-corrected chi connectivity index (χ2v) is 8.87. The Morgan fingerprint density at radius 1 is 0.963 bits per heavy atom. The Bertz CT molecular complexity index is 688. The average Bonchev–Trinajstić information content (AvgIpc) is 2.74. The van der Waals surface area contributed by atoms with Crippen LogP contribution >= 0.6 is 23.5 Å². The molecule has 1 aliphatic heterocycles. The minimum atomic E-state index is -0.114. The summed E-state index contributed by atoms with van der Waals surface area (Å²) in [6.07, 6.45) is 2.05. The lowest BCUT2D eigenvalue weighted by Gasteiger charge is -2.21. The number of benzene rings is 2. The van der Waals surface area contributed by atoms with Crippen molar-refractivity contribution in [3.05, 3.63) is 60.2 Å². The fraction of sp³-hybridized carbons (Fsp3) is 0.381. The van der Waals surface area contributed by atoms with E-state index in [1.165, 1.54) is 23.5 Å². The fourth-order valence-electron chi connectivity index (χ4n) is 2.61. The number of thioether (sulfide) groups is 2. The van der Waals surface area contributed by atoms with Gasteiger partial charge in [-0.3, -0.25) is 4.79 Å². The standard InChI is InChI=1S/C21H25NO3S2/c23-20(22-12-4-13-24-18-6-2-1-3-7-18)16-25-19-10-8-17(9-11-19)21-26-14-5-15-27-21/h1-3,6-11,21H,4-5,12-16H2,(H,22,23). The molecule has 0 spiro atoms. The minimum Gasteiger partial charge on any atom is -0.494 e. The van der Waals surface area contributed by atoms with Gasteiger partial charge in [-0.15, -0.1) is 23.5 Å². The third-order valence-electron chi connectivity index (χ3n) is 4.00. The Balaban J connectivity index is 1.29. The predicted molar refractivity (Wildman–Crippen MR) is 114 cm³/mol. The Hall–Kier alpha value is -1.79. The number of amides is 1. The van der Waals surface area contributed by atoms with Gasteiger partial charge < -0.3 is 14.8 Å². The third kappa shape index (κ3) is 7.03. The van der Waals surface area contributed by atoms with Crippen LogP contribution in [0.2, 0.25) is 0 Å². The number of nitrogens with one attached hydrogen (secondary N) is 1. The summed E-state index contributed by atoms with van der Waals surface area (Å²) in [6.45, 7) is 1.18. The lowest BCUT2D eigenvalue weighted by Crippen LogP contribution is -2.30. The fourth-order valence-corrected chi connectivity index (χ4v) is 5.50. The summed E-state index contributed by atoms with van der Waals surface area (Å²) < 4.78 is 11.7. The highest BCUT2D eigenvalue weighted by atomic mass is 32.2. The molecule has 1 aliphatic rings. The molecule has 0 radical (unpaired) electrons. The molecule has 4 nitrogen and oxygen atoms in total. The maximum absolute atomic E-state index is 11.9. The van der Waals surface area contributed by atoms with Gasteiger partial charge in [0.15, 0.2) is 6.61 Å². The van der Waals surface area contributed by atoms with Crippen LogP contribution in [-0.2, 0) is 4.79 Å². The summed E-state index contributed by atoms with van der Waals surface area (Å²) >= 11 is 4.00. The molecule has 2 aromatic carbocycles. The van der Waals surface area contributed by atoms with Crippen LogP contribution in [0.3, 0.4) is 0 Å². The number of carbonyl (C=O) groups excluding carboxylic acids is 1. The molecular formula is C21H25NO3S2. The molecule has 0 unspecified atom stereocenters. The van der Waals surface area contributed by atoms with Crippen LogP contribution in [0.25, 0.3) is 0 Å². The van der Waals surface area contributed by atoms with Gasteiger partial charge in [-0.2, -0.15) is 0 Å². The highest BCUT2D eigenvalue weighted by Crippen LogP contribution is 2.43. The second kappa shape index (κ2) is 11.1. The average molecular weight is 404 g/mol. The van der Waals surface area contributed by atoms with Gasteiger partial charge in [0.1, 0.15) is 11.5 Å². The predicted octanol–water partition coefficient (Wildman–Crippen LogP) is 4.52. The van der Waals surface area contributed by atoms with E-state index < -0.39 is 0 Å². The lowest BCUT2D eigenvalue weighted by atomic mass is 10.2. The van der Waals surface area contributed by atoms with E-state index in [1.807, 2.05) is 66.0 Å². The molecule has 144 valence electrons. The zero-order valence-corrected chi connectivity index (χ0v) is 16.9. The largest absolute Gasteiger partial charge is 0.494 e. The molecule has 0 saturated carbocycles. The van der Waals surface area contributed by atoms with Crippen molar-refractivity contribution in [3.63, 3.8) is 0 Å². The van der Waals surface area contributed by atoms with Crippen molar-refractivity contribution in [3.8, 4) is 11.5 Å². The molecule has 0 atom stereocenters. The molecule has 1 heterocycles. The zero-order chi connectivity index (χ0) is 18.7. The first kappa shape index (κ1) is 20.0. The van der Waals surface area contributed by atoms with Gasteiger partial charge in [-0.1, -0.05) is 30.3 Å². The molecule has 6 heteroatoms. The van der Waals surface area contributed by atoms with Gasteiger partial charge in [0.2, 0.25) is 0 Å². The van der Waals surface area contributed by atoms with E-state index in [4.69, 9.17) is 9.47 Å². The molecule has 0 aromatic heterocycles. The smallest absolute Gasteiger partial charge is 0.257 e. The van der Waals surface area contributed by atoms with Crippen molar-refractivity contribution in [2.24, 2.45) is 0 Å². The molecule has 2 aromatic rings. The summed E-state index contributed by atoms with van der Waals surface area (Å²) in [5, 5.41) is 2.85. The molecule has 3 rings (SSSR count). The van der Waals surface area contributed by atoms with Crippen LogP contribution in [0, 0.1) is 0 Å². The van der Waals surface area contributed by atoms with Crippen LogP contribution < -0.4 is 14.8 Å². The Morgan fingerprint density at radius 3 is 2.41 bits per heavy atom. The van der Waals surface area contributed by atoms with Crippen molar-refractivity contribution in [1.82, 2.24) is 5.32 Å². The lowest BCUT2D eigenvalue weighted by molar-refractivity contribution is -0.123. The van der Waals surface area contributed by atoms with Crippen LogP contribution in [0.1, 0.15) is 23.0 Å². The molecule has 27 heavy (non-hydrogen) atoms. The number of hydrogen-bond donors (Lipinski definition) is 1. The van der Waals surface area contributed by atoms with Crippen molar-refractivity contribution in [1.29, 1.82) is 0 Å². The van der Waals surface area contributed by atoms with E-state index in [2.05, 4.69) is 17.4 Å². The highest BCUT2D eigenvalue weighted by Gasteiger charge is 2.16. The van der Waals surface area contributed by atoms with Crippen LogP contribution in [-0.4, -0.2) is 37.2 Å². The third-order valence-corrected chi connectivity index (χ3v) is 7.02. The van der Waals surface area contributed by atoms with E-state index in [1.54, 1.807) is 0 Å². The van der Waals surface area contributed by atoms with E-state index in [9.17, 15) is 4.79 Å². The van der Waals surface area contributed by atoms with Crippen LogP contribution in [0.15, 0.2) is 54.6 Å². The normalized spacial score (nSPS) is 14.5. The van der Waals surface area contributed by atoms with Crippen molar-refractivity contribution in [2.45, 2.75) is 17.4 Å². The number of hydrogen-bond acceptors (Lipinski definition) is 5. The van der Waals surface area contributed by atoms with Crippen LogP contribution in [0.4, 0.5) is 0 Å². The molecule has 1 amide bonds. The Morgan fingerprint density at radius 2 is 1.67 bits per heavy atom. The van der Waals surface area contributed by atoms with E-state index >= 15 is 0 Å². The molecule has 1 saturated heterocycles. The van der Waals surface area contributed by atoms with E-state index in [-0.39, 0.29) is 12.5 Å². The monoisotopic (exact) mass is 403 g/mol. The summed E-state index contributed by atoms with van der Waals surface area (Å²) in [4.78, 5) is 11.9. The number of rotatable bonds is 9. The van der Waals surface area contributed by atoms with Crippen molar-refractivity contribution >= 4 is 29.4 Å². The molecular weight excluding hydrogens is 378 g/mol. The number of ether oxygens (including phenoxy) is 2. The van der Waals surface area contributed by atoms with Gasteiger partial charge in [-0.05, 0) is 54.2 Å². The Kier molecular flexibility index (Phi) is 8.24. The van der Waals surface area contributed by atoms with E-state index in [0.717, 1.165) is 17.9 Å². The quantitative estimate of drug-likeness (QED) is 0.624. The van der Waals surface area contributed by atoms with Gasteiger partial charge in [0.25, 0.3) is 5.91 Å². The Labute approximate surface area is 169 Å². The summed E-state index contributed by atoms with van der Waals surface area (Å²) in [5.74, 6) is 3.92. The summed E-state index contributed by atoms with van der Waals surface area (Å²) in [5.41, 5.74) is 1.32. The molecule has 1 fully saturated rings. The first-order valence-corrected chi connectivity index (χ1v) is 11.3. The van der Waals surface area contributed by atoms with Gasteiger partial charge in [-0.25, -0.2) is 0 Å². The summed E-state index contributed by atoms with van der Waals surface area (Å²) in [7, 11) is 0. The number of carbonyl (C=O) groups is 1. The first-order valence-electron chi connectivity index (χ1n) is 9.22. The maximum Gasteiger partial charge on any atom is 0.257 e. The number of para-hydroxylation sites is 1. The van der Waals surface area contributed by atoms with Gasteiger partial charge in [0.05, 0.1) is 11.2 Å². The SMILES string of the molecule is O=C(COc1ccc(C2SCCCS2)cc1)NCCCOc1ccccc1. The van der Waals surface area contributed by atoms with E-state index in [0.29, 0.717) is 17.7 Å². The topological polar surface area (TPSA) is 47.6 Å². The van der Waals surface area contributed by atoms with Crippen molar-refractivity contribution in [2.75, 3.05) is 31.3 Å². The van der Waals surface area contributed by atoms with Crippen molar-refractivity contribution < 1.29 is 14.3 Å². The summed E-state index contributed by atoms with van der Waals surface area (Å²) in [6, 6.07) is 17.8. The molecule has 1 N–H and O–H groups in total. The highest BCUT2D eigenvalue weighted by molar-refractivity contribution is 8.16. The van der Waals surface area contributed by atoms with Gasteiger partial charge in [0, 0.05) is 6.54 Å². The maximum atomic E-state index is 11.9. The molecule has 0 bridgehead atoms. The minimum absolute atomic E-state index is 0.0335. The van der Waals surface area contributed by atoms with Crippen LogP contribution in [0.5, 0.6) is 11.5 Å². The first-order chi connectivity index (χ1) is 13.3. The second-order valence-electron chi connectivity index (χ2n) is 6.15. The molecule has 0 aliphatic carbocycles.